The number of aliphatic hydroxyl groups excluding tert-OH is 1. The summed E-state index contributed by atoms with van der Waals surface area (Å²) >= 11 is 0. The largest absolute Gasteiger partial charge is 0.496 e. The Balaban J connectivity index is 2.27. The topological polar surface area (TPSA) is 55.5 Å². The number of hydrogen-bond acceptors (Lipinski definition) is 3. The lowest BCUT2D eigenvalue weighted by molar-refractivity contribution is 0.0209. The first-order chi connectivity index (χ1) is 7.05. The fourth-order valence-electron chi connectivity index (χ4n) is 2.20. The van der Waals surface area contributed by atoms with Gasteiger partial charge in [0.25, 0.3) is 0 Å². The van der Waals surface area contributed by atoms with Crippen LogP contribution in [0.5, 0.6) is 5.75 Å². The van der Waals surface area contributed by atoms with Gasteiger partial charge in [-0.25, -0.2) is 0 Å². The molecule has 0 radical (unpaired) electrons. The number of aliphatic hydroxyl groups is 1. The summed E-state index contributed by atoms with van der Waals surface area (Å²) in [5.74, 6) is 0.877. The SMILES string of the molecule is COc1ccc(C2(N)CC(O)C2)cc1C. The molecule has 1 aliphatic rings. The highest BCUT2D eigenvalue weighted by Crippen LogP contribution is 2.40. The zero-order valence-electron chi connectivity index (χ0n) is 9.16. The Kier molecular flexibility index (Phi) is 2.44. The Labute approximate surface area is 89.9 Å². The van der Waals surface area contributed by atoms with E-state index in [1.807, 2.05) is 25.1 Å². The van der Waals surface area contributed by atoms with Gasteiger partial charge in [0.15, 0.2) is 0 Å². The lowest BCUT2D eigenvalue weighted by atomic mass is 9.70. The minimum absolute atomic E-state index is 0.239. The molecule has 0 unspecified atom stereocenters. The van der Waals surface area contributed by atoms with Crippen LogP contribution < -0.4 is 10.5 Å². The van der Waals surface area contributed by atoms with Crippen molar-refractivity contribution in [1.82, 2.24) is 0 Å². The van der Waals surface area contributed by atoms with Gasteiger partial charge in [-0.2, -0.15) is 0 Å². The molecule has 3 nitrogen and oxygen atoms in total. The van der Waals surface area contributed by atoms with Gasteiger partial charge in [-0.15, -0.1) is 0 Å². The lowest BCUT2D eigenvalue weighted by Gasteiger charge is -2.42. The van der Waals surface area contributed by atoms with E-state index in [-0.39, 0.29) is 11.6 Å². The molecule has 1 saturated carbocycles. The van der Waals surface area contributed by atoms with E-state index in [2.05, 4.69) is 0 Å². The highest BCUT2D eigenvalue weighted by Gasteiger charge is 2.41. The predicted octanol–water partition coefficient (Wildman–Crippen LogP) is 1.31. The number of nitrogens with two attached hydrogens (primary N) is 1. The summed E-state index contributed by atoms with van der Waals surface area (Å²) in [6, 6.07) is 5.96. The third kappa shape index (κ3) is 1.73. The Morgan fingerprint density at radius 3 is 2.60 bits per heavy atom. The van der Waals surface area contributed by atoms with Gasteiger partial charge in [-0.1, -0.05) is 12.1 Å². The molecule has 0 bridgehead atoms. The minimum atomic E-state index is -0.337. The van der Waals surface area contributed by atoms with Crippen LogP contribution in [0, 0.1) is 6.92 Å². The summed E-state index contributed by atoms with van der Waals surface area (Å²) < 4.78 is 5.20. The fraction of sp³-hybridized carbons (Fsp3) is 0.500. The maximum Gasteiger partial charge on any atom is 0.121 e. The number of rotatable bonds is 2. The average Bonchev–Trinajstić information content (AvgIpc) is 2.15. The van der Waals surface area contributed by atoms with Crippen LogP contribution in [-0.4, -0.2) is 18.3 Å². The van der Waals surface area contributed by atoms with Crippen molar-refractivity contribution in [3.63, 3.8) is 0 Å². The number of aryl methyl sites for hydroxylation is 1. The van der Waals surface area contributed by atoms with E-state index >= 15 is 0 Å². The Morgan fingerprint density at radius 1 is 1.47 bits per heavy atom. The van der Waals surface area contributed by atoms with Gasteiger partial charge in [-0.05, 0) is 37.0 Å². The predicted molar refractivity (Wildman–Crippen MR) is 58.8 cm³/mol. The van der Waals surface area contributed by atoms with Gasteiger partial charge in [-0.3, -0.25) is 0 Å². The molecule has 0 aromatic heterocycles. The average molecular weight is 207 g/mol. The van der Waals surface area contributed by atoms with Crippen LogP contribution in [0.1, 0.15) is 24.0 Å². The summed E-state index contributed by atoms with van der Waals surface area (Å²) in [5.41, 5.74) is 8.01. The molecule has 1 aromatic rings. The van der Waals surface area contributed by atoms with Crippen molar-refractivity contribution in [2.75, 3.05) is 7.11 Å². The van der Waals surface area contributed by atoms with Crippen molar-refractivity contribution in [3.05, 3.63) is 29.3 Å². The fourth-order valence-corrected chi connectivity index (χ4v) is 2.20. The molecule has 0 atom stereocenters. The number of hydrogen-bond donors (Lipinski definition) is 2. The summed E-state index contributed by atoms with van der Waals surface area (Å²) in [5, 5.41) is 9.31. The van der Waals surface area contributed by atoms with Crippen molar-refractivity contribution in [2.45, 2.75) is 31.4 Å². The molecular formula is C12H17NO2. The van der Waals surface area contributed by atoms with Crippen LogP contribution in [0.4, 0.5) is 0 Å². The minimum Gasteiger partial charge on any atom is -0.496 e. The first-order valence-corrected chi connectivity index (χ1v) is 5.17. The second kappa shape index (κ2) is 3.51. The molecular weight excluding hydrogens is 190 g/mol. The Morgan fingerprint density at radius 2 is 2.13 bits per heavy atom. The molecule has 1 aromatic carbocycles. The second-order valence-electron chi connectivity index (χ2n) is 4.40. The maximum absolute atomic E-state index is 9.31. The molecule has 15 heavy (non-hydrogen) atoms. The van der Waals surface area contributed by atoms with Crippen LogP contribution in [0.3, 0.4) is 0 Å². The normalized spacial score (nSPS) is 29.7. The van der Waals surface area contributed by atoms with Crippen LogP contribution in [-0.2, 0) is 5.54 Å². The van der Waals surface area contributed by atoms with Crippen molar-refractivity contribution in [3.8, 4) is 5.75 Å². The highest BCUT2D eigenvalue weighted by molar-refractivity contribution is 5.40. The second-order valence-corrected chi connectivity index (χ2v) is 4.40. The van der Waals surface area contributed by atoms with Crippen LogP contribution >= 0.6 is 0 Å². The standard InChI is InChI=1S/C12H17NO2/c1-8-5-9(3-4-11(8)15-2)12(13)6-10(14)7-12/h3-5,10,14H,6-7,13H2,1-2H3. The van der Waals surface area contributed by atoms with Crippen molar-refractivity contribution in [1.29, 1.82) is 0 Å². The van der Waals surface area contributed by atoms with Gasteiger partial charge >= 0.3 is 0 Å². The molecule has 0 aliphatic heterocycles. The van der Waals surface area contributed by atoms with Crippen LogP contribution in [0.25, 0.3) is 0 Å². The molecule has 0 spiro atoms. The molecule has 2 rings (SSSR count). The van der Waals surface area contributed by atoms with Crippen LogP contribution in [0.15, 0.2) is 18.2 Å². The van der Waals surface area contributed by atoms with Gasteiger partial charge in [0.05, 0.1) is 13.2 Å². The van der Waals surface area contributed by atoms with Crippen molar-refractivity contribution < 1.29 is 9.84 Å². The zero-order chi connectivity index (χ0) is 11.1. The van der Waals surface area contributed by atoms with Gasteiger partial charge < -0.3 is 15.6 Å². The van der Waals surface area contributed by atoms with E-state index in [4.69, 9.17) is 10.5 Å². The smallest absolute Gasteiger partial charge is 0.121 e. The van der Waals surface area contributed by atoms with Gasteiger partial charge in [0.2, 0.25) is 0 Å². The van der Waals surface area contributed by atoms with Crippen LogP contribution in [0.2, 0.25) is 0 Å². The number of ether oxygens (including phenoxy) is 1. The first kappa shape index (κ1) is 10.5. The third-order valence-corrected chi connectivity index (χ3v) is 3.17. The monoisotopic (exact) mass is 207 g/mol. The Hall–Kier alpha value is -1.06. The van der Waals surface area contributed by atoms with E-state index in [0.29, 0.717) is 12.8 Å². The van der Waals surface area contributed by atoms with E-state index in [1.165, 1.54) is 0 Å². The van der Waals surface area contributed by atoms with Gasteiger partial charge in [0.1, 0.15) is 5.75 Å². The quantitative estimate of drug-likeness (QED) is 0.768. The van der Waals surface area contributed by atoms with E-state index < -0.39 is 0 Å². The summed E-state index contributed by atoms with van der Waals surface area (Å²) in [6.45, 7) is 2.00. The van der Waals surface area contributed by atoms with Crippen molar-refractivity contribution in [2.24, 2.45) is 5.73 Å². The molecule has 0 saturated heterocycles. The molecule has 1 aliphatic carbocycles. The Bertz CT molecular complexity index is 370. The highest BCUT2D eigenvalue weighted by atomic mass is 16.5. The first-order valence-electron chi connectivity index (χ1n) is 5.17. The third-order valence-electron chi connectivity index (χ3n) is 3.17. The molecule has 0 amide bonds. The summed E-state index contributed by atoms with van der Waals surface area (Å²) in [7, 11) is 1.66. The lowest BCUT2D eigenvalue weighted by Crippen LogP contribution is -2.51. The maximum atomic E-state index is 9.31. The molecule has 0 heterocycles. The van der Waals surface area contributed by atoms with E-state index in [9.17, 15) is 5.11 Å². The van der Waals surface area contributed by atoms with E-state index in [0.717, 1.165) is 16.9 Å². The molecule has 1 fully saturated rings. The number of methoxy groups -OCH3 is 1. The summed E-state index contributed by atoms with van der Waals surface area (Å²) in [6.07, 6.45) is 1.06. The number of benzene rings is 1. The van der Waals surface area contributed by atoms with Crippen molar-refractivity contribution >= 4 is 0 Å². The zero-order valence-corrected chi connectivity index (χ0v) is 9.16. The summed E-state index contributed by atoms with van der Waals surface area (Å²) in [4.78, 5) is 0. The van der Waals surface area contributed by atoms with Gasteiger partial charge in [0, 0.05) is 5.54 Å². The molecule has 3 N–H and O–H groups in total. The molecule has 82 valence electrons. The molecule has 3 heteroatoms. The van der Waals surface area contributed by atoms with E-state index in [1.54, 1.807) is 7.11 Å².